The van der Waals surface area contributed by atoms with Crippen LogP contribution >= 0.6 is 0 Å². The van der Waals surface area contributed by atoms with E-state index in [1.54, 1.807) is 18.2 Å². The summed E-state index contributed by atoms with van der Waals surface area (Å²) in [5.41, 5.74) is 0.827. The molecule has 0 aromatic heterocycles. The number of amides is 2. The lowest BCUT2D eigenvalue weighted by atomic mass is 10.2. The Morgan fingerprint density at radius 2 is 1.80 bits per heavy atom. The van der Waals surface area contributed by atoms with Crippen LogP contribution in [-0.2, 0) is 16.1 Å². The first-order chi connectivity index (χ1) is 9.61. The number of halogens is 1. The van der Waals surface area contributed by atoms with Crippen molar-refractivity contribution in [2.24, 2.45) is 11.8 Å². The maximum Gasteiger partial charge on any atom is 0.224 e. The predicted octanol–water partition coefficient (Wildman–Crippen LogP) is 1.38. The average molecular weight is 276 g/mol. The van der Waals surface area contributed by atoms with Gasteiger partial charge in [-0.1, -0.05) is 18.2 Å². The number of carbonyl (C=O) groups is 2. The summed E-state index contributed by atoms with van der Waals surface area (Å²) in [5, 5.41) is 5.44. The second kappa shape index (κ2) is 6.32. The van der Waals surface area contributed by atoms with Crippen LogP contribution in [0.25, 0.3) is 0 Å². The summed E-state index contributed by atoms with van der Waals surface area (Å²) in [6.07, 6.45) is 2.18. The van der Waals surface area contributed by atoms with Gasteiger partial charge >= 0.3 is 0 Å². The number of carbonyl (C=O) groups excluding carboxylic acids is 2. The average Bonchev–Trinajstić information content (AvgIpc) is 3.24. The molecule has 0 aliphatic heterocycles. The fourth-order valence-electron chi connectivity index (χ4n) is 2.00. The van der Waals surface area contributed by atoms with Crippen molar-refractivity contribution < 1.29 is 14.0 Å². The summed E-state index contributed by atoms with van der Waals surface area (Å²) in [4.78, 5) is 23.5. The molecule has 0 saturated heterocycles. The minimum absolute atomic E-state index is 0.105. The highest BCUT2D eigenvalue weighted by atomic mass is 19.1. The van der Waals surface area contributed by atoms with Crippen molar-refractivity contribution in [3.05, 3.63) is 48.3 Å². The Kier molecular flexibility index (Phi) is 4.50. The van der Waals surface area contributed by atoms with E-state index < -0.39 is 0 Å². The quantitative estimate of drug-likeness (QED) is 0.771. The van der Waals surface area contributed by atoms with Gasteiger partial charge in [0.2, 0.25) is 11.8 Å². The number of hydrogen-bond donors (Lipinski definition) is 2. The fraction of sp³-hybridized carbons (Fsp3) is 0.333. The molecule has 1 aliphatic carbocycles. The molecule has 2 unspecified atom stereocenters. The second-order valence-electron chi connectivity index (χ2n) is 4.83. The van der Waals surface area contributed by atoms with Gasteiger partial charge < -0.3 is 10.6 Å². The Labute approximate surface area is 117 Å². The Hall–Kier alpha value is -2.17. The molecule has 106 valence electrons. The molecular formula is C15H17FN2O2. The topological polar surface area (TPSA) is 58.2 Å². The molecule has 20 heavy (non-hydrogen) atoms. The molecule has 5 heteroatoms. The number of rotatable bonds is 6. The van der Waals surface area contributed by atoms with Crippen LogP contribution in [0.2, 0.25) is 0 Å². The van der Waals surface area contributed by atoms with Gasteiger partial charge in [-0.25, -0.2) is 4.39 Å². The lowest BCUT2D eigenvalue weighted by Crippen LogP contribution is -2.30. The molecule has 1 fully saturated rings. The van der Waals surface area contributed by atoms with Gasteiger partial charge in [0, 0.05) is 13.1 Å². The minimum Gasteiger partial charge on any atom is -0.352 e. The standard InChI is InChI=1S/C15H17FN2O2/c1-2-7-17-14(19)12-8-13(12)15(20)18-9-10-3-5-11(16)6-4-10/h2-6,12-13H,1,7-9H2,(H,17,19)(H,18,20). The van der Waals surface area contributed by atoms with Crippen molar-refractivity contribution in [1.82, 2.24) is 10.6 Å². The molecule has 4 nitrogen and oxygen atoms in total. The molecule has 0 heterocycles. The van der Waals surface area contributed by atoms with Crippen molar-refractivity contribution in [2.45, 2.75) is 13.0 Å². The summed E-state index contributed by atoms with van der Waals surface area (Å²) >= 11 is 0. The Balaban J connectivity index is 1.75. The van der Waals surface area contributed by atoms with Crippen molar-refractivity contribution in [3.63, 3.8) is 0 Å². The van der Waals surface area contributed by atoms with Crippen LogP contribution < -0.4 is 10.6 Å². The van der Waals surface area contributed by atoms with Crippen LogP contribution in [-0.4, -0.2) is 18.4 Å². The second-order valence-corrected chi connectivity index (χ2v) is 4.83. The molecular weight excluding hydrogens is 259 g/mol. The van der Waals surface area contributed by atoms with Gasteiger partial charge in [-0.05, 0) is 24.1 Å². The number of hydrogen-bond acceptors (Lipinski definition) is 2. The van der Waals surface area contributed by atoms with E-state index >= 15 is 0 Å². The van der Waals surface area contributed by atoms with Crippen LogP contribution in [0, 0.1) is 17.7 Å². The third-order valence-corrected chi connectivity index (χ3v) is 3.26. The zero-order valence-electron chi connectivity index (χ0n) is 11.1. The Morgan fingerprint density at radius 3 is 2.40 bits per heavy atom. The van der Waals surface area contributed by atoms with E-state index in [4.69, 9.17) is 0 Å². The van der Waals surface area contributed by atoms with Crippen LogP contribution in [0.3, 0.4) is 0 Å². The van der Waals surface area contributed by atoms with Gasteiger partial charge in [0.05, 0.1) is 11.8 Å². The molecule has 1 saturated carbocycles. The molecule has 1 aromatic rings. The summed E-state index contributed by atoms with van der Waals surface area (Å²) < 4.78 is 12.7. The molecule has 2 N–H and O–H groups in total. The van der Waals surface area contributed by atoms with E-state index in [1.165, 1.54) is 12.1 Å². The molecule has 0 bridgehead atoms. The van der Waals surface area contributed by atoms with E-state index in [9.17, 15) is 14.0 Å². The van der Waals surface area contributed by atoms with E-state index in [1.807, 2.05) is 0 Å². The predicted molar refractivity (Wildman–Crippen MR) is 73.1 cm³/mol. The van der Waals surface area contributed by atoms with E-state index in [0.29, 0.717) is 19.5 Å². The van der Waals surface area contributed by atoms with Crippen molar-refractivity contribution >= 4 is 11.8 Å². The van der Waals surface area contributed by atoms with E-state index in [0.717, 1.165) is 5.56 Å². The molecule has 1 aromatic carbocycles. The van der Waals surface area contributed by atoms with Crippen LogP contribution in [0.15, 0.2) is 36.9 Å². The van der Waals surface area contributed by atoms with Crippen molar-refractivity contribution in [3.8, 4) is 0 Å². The van der Waals surface area contributed by atoms with Crippen LogP contribution in [0.5, 0.6) is 0 Å². The van der Waals surface area contributed by atoms with Crippen LogP contribution in [0.1, 0.15) is 12.0 Å². The summed E-state index contributed by atoms with van der Waals surface area (Å²) in [5.74, 6) is -1.02. The van der Waals surface area contributed by atoms with Crippen LogP contribution in [0.4, 0.5) is 4.39 Å². The smallest absolute Gasteiger partial charge is 0.224 e. The third kappa shape index (κ3) is 3.66. The normalized spacial score (nSPS) is 20.1. The summed E-state index contributed by atoms with van der Waals surface area (Å²) in [6.45, 7) is 4.27. The Morgan fingerprint density at radius 1 is 1.20 bits per heavy atom. The van der Waals surface area contributed by atoms with Gasteiger partial charge in [-0.3, -0.25) is 9.59 Å². The molecule has 2 atom stereocenters. The summed E-state index contributed by atoms with van der Waals surface area (Å²) in [7, 11) is 0. The van der Waals surface area contributed by atoms with Gasteiger partial charge in [-0.2, -0.15) is 0 Å². The lowest BCUT2D eigenvalue weighted by Gasteiger charge is -2.05. The first-order valence-electron chi connectivity index (χ1n) is 6.52. The zero-order valence-corrected chi connectivity index (χ0v) is 11.1. The minimum atomic E-state index is -0.304. The largest absolute Gasteiger partial charge is 0.352 e. The number of nitrogens with one attached hydrogen (secondary N) is 2. The first kappa shape index (κ1) is 14.2. The highest BCUT2D eigenvalue weighted by molar-refractivity contribution is 5.92. The highest BCUT2D eigenvalue weighted by Crippen LogP contribution is 2.38. The van der Waals surface area contributed by atoms with Gasteiger partial charge in [0.15, 0.2) is 0 Å². The zero-order chi connectivity index (χ0) is 14.5. The molecule has 2 amide bonds. The van der Waals surface area contributed by atoms with Gasteiger partial charge in [0.1, 0.15) is 5.82 Å². The molecule has 1 aliphatic rings. The van der Waals surface area contributed by atoms with Crippen molar-refractivity contribution in [1.29, 1.82) is 0 Å². The lowest BCUT2D eigenvalue weighted by molar-refractivity contribution is -0.127. The first-order valence-corrected chi connectivity index (χ1v) is 6.52. The molecule has 0 spiro atoms. The monoisotopic (exact) mass is 276 g/mol. The van der Waals surface area contributed by atoms with E-state index in [-0.39, 0.29) is 29.5 Å². The maximum atomic E-state index is 12.7. The fourth-order valence-corrected chi connectivity index (χ4v) is 2.00. The highest BCUT2D eigenvalue weighted by Gasteiger charge is 2.47. The van der Waals surface area contributed by atoms with Crippen molar-refractivity contribution in [2.75, 3.05) is 6.54 Å². The number of benzene rings is 1. The molecule has 2 rings (SSSR count). The summed E-state index contributed by atoms with van der Waals surface area (Å²) in [6, 6.07) is 5.95. The van der Waals surface area contributed by atoms with Gasteiger partial charge in [-0.15, -0.1) is 6.58 Å². The van der Waals surface area contributed by atoms with E-state index in [2.05, 4.69) is 17.2 Å². The SMILES string of the molecule is C=CCNC(=O)C1CC1C(=O)NCc1ccc(F)cc1. The van der Waals surface area contributed by atoms with Gasteiger partial charge in [0.25, 0.3) is 0 Å². The third-order valence-electron chi connectivity index (χ3n) is 3.26. The Bertz CT molecular complexity index is 513. The maximum absolute atomic E-state index is 12.7. The molecule has 0 radical (unpaired) electrons.